The Labute approximate surface area is 103 Å². The van der Waals surface area contributed by atoms with E-state index in [4.69, 9.17) is 22.3 Å². The van der Waals surface area contributed by atoms with E-state index in [-0.39, 0.29) is 10.3 Å². The van der Waals surface area contributed by atoms with E-state index in [0.717, 1.165) is 11.1 Å². The van der Waals surface area contributed by atoms with Gasteiger partial charge in [0.1, 0.15) is 0 Å². The molecule has 0 fully saturated rings. The molecule has 0 unspecified atom stereocenters. The van der Waals surface area contributed by atoms with Crippen LogP contribution >= 0.6 is 23.5 Å². The minimum Gasteiger partial charge on any atom is -0.379 e. The van der Waals surface area contributed by atoms with Crippen molar-refractivity contribution in [1.82, 2.24) is 0 Å². The number of hydrogen-bond acceptors (Lipinski definition) is 4. The van der Waals surface area contributed by atoms with Crippen LogP contribution in [0.3, 0.4) is 0 Å². The lowest BCUT2D eigenvalue weighted by Gasteiger charge is -2.04. The summed E-state index contributed by atoms with van der Waals surface area (Å²) in [7, 11) is 0. The normalized spacial score (nSPS) is 10.0. The fourth-order valence-electron chi connectivity index (χ4n) is 1.13. The quantitative estimate of drug-likeness (QED) is 0.487. The molecule has 0 atom stereocenters. The Hall–Kier alpha value is -1.14. The molecule has 0 saturated heterocycles. The van der Waals surface area contributed by atoms with Gasteiger partial charge in [-0.15, -0.1) is 0 Å². The van der Waals surface area contributed by atoms with Crippen molar-refractivity contribution in [3.8, 4) is 0 Å². The van der Waals surface area contributed by atoms with Crippen LogP contribution in [0.5, 0.6) is 0 Å². The molecule has 1 aromatic carbocycles. The van der Waals surface area contributed by atoms with Crippen molar-refractivity contribution in [3.05, 3.63) is 35.4 Å². The first-order valence-electron chi connectivity index (χ1n) is 4.59. The third-order valence-electron chi connectivity index (χ3n) is 1.78. The van der Waals surface area contributed by atoms with E-state index in [1.165, 1.54) is 23.5 Å². The molecule has 4 nitrogen and oxygen atoms in total. The van der Waals surface area contributed by atoms with Gasteiger partial charge in [-0.2, -0.15) is 0 Å². The molecule has 0 amide bonds. The summed E-state index contributed by atoms with van der Waals surface area (Å²) in [5.41, 5.74) is 12.8. The molecule has 0 aliphatic heterocycles. The van der Waals surface area contributed by atoms with Gasteiger partial charge in [-0.05, 0) is 11.1 Å². The fourth-order valence-corrected chi connectivity index (χ4v) is 2.13. The minimum atomic E-state index is 0.128. The highest BCUT2D eigenvalue weighted by atomic mass is 32.2. The molecule has 0 aliphatic carbocycles. The Balaban J connectivity index is 2.56. The molecule has 1 aromatic rings. The Bertz CT molecular complexity index is 359. The van der Waals surface area contributed by atoms with Crippen LogP contribution in [0.4, 0.5) is 0 Å². The predicted octanol–water partition coefficient (Wildman–Crippen LogP) is 1.94. The van der Waals surface area contributed by atoms with Crippen molar-refractivity contribution < 1.29 is 0 Å². The van der Waals surface area contributed by atoms with E-state index in [1.54, 1.807) is 0 Å². The Morgan fingerprint density at radius 3 is 1.81 bits per heavy atom. The topological polar surface area (TPSA) is 99.7 Å². The first-order chi connectivity index (χ1) is 7.58. The van der Waals surface area contributed by atoms with E-state index in [2.05, 4.69) is 0 Å². The smallest absolute Gasteiger partial charge is 0.151 e. The van der Waals surface area contributed by atoms with Crippen LogP contribution in [-0.4, -0.2) is 10.3 Å². The van der Waals surface area contributed by atoms with Crippen LogP contribution in [0, 0.1) is 10.8 Å². The number of rotatable bonds is 4. The highest BCUT2D eigenvalue weighted by Gasteiger charge is 1.99. The molecule has 86 valence electrons. The molecule has 0 spiro atoms. The third kappa shape index (κ3) is 5.09. The summed E-state index contributed by atoms with van der Waals surface area (Å²) >= 11 is 2.61. The van der Waals surface area contributed by atoms with E-state index in [9.17, 15) is 0 Å². The average Bonchev–Trinajstić information content (AvgIpc) is 2.24. The van der Waals surface area contributed by atoms with E-state index in [1.807, 2.05) is 24.3 Å². The Kier molecular flexibility index (Phi) is 5.21. The van der Waals surface area contributed by atoms with Gasteiger partial charge in [-0.25, -0.2) is 0 Å². The van der Waals surface area contributed by atoms with Crippen molar-refractivity contribution in [3.63, 3.8) is 0 Å². The summed E-state index contributed by atoms with van der Waals surface area (Å²) in [5, 5.41) is 14.5. The summed E-state index contributed by atoms with van der Waals surface area (Å²) in [6.45, 7) is 0. The van der Waals surface area contributed by atoms with Crippen LogP contribution < -0.4 is 11.5 Å². The standard InChI is InChI=1S/C10H14N4S2/c11-9(12)15-5-7-2-1-3-8(4-7)6-16-10(13)14/h1-4H,5-6H2,(H3,11,12)(H3,13,14). The molecule has 6 heteroatoms. The lowest BCUT2D eigenvalue weighted by atomic mass is 10.2. The Morgan fingerprint density at radius 1 is 1.00 bits per heavy atom. The van der Waals surface area contributed by atoms with Crippen LogP contribution in [-0.2, 0) is 11.5 Å². The number of amidine groups is 2. The molecular formula is C10H14N4S2. The van der Waals surface area contributed by atoms with Gasteiger partial charge < -0.3 is 11.5 Å². The average molecular weight is 254 g/mol. The number of benzene rings is 1. The zero-order valence-electron chi connectivity index (χ0n) is 8.69. The van der Waals surface area contributed by atoms with Gasteiger partial charge in [0, 0.05) is 11.5 Å². The third-order valence-corrected chi connectivity index (χ3v) is 3.36. The Morgan fingerprint density at radius 2 is 1.44 bits per heavy atom. The van der Waals surface area contributed by atoms with E-state index >= 15 is 0 Å². The molecule has 0 bridgehead atoms. The summed E-state index contributed by atoms with van der Waals surface area (Å²) in [6.07, 6.45) is 0. The van der Waals surface area contributed by atoms with E-state index < -0.39 is 0 Å². The second-order valence-corrected chi connectivity index (χ2v) is 5.16. The zero-order valence-corrected chi connectivity index (χ0v) is 10.3. The van der Waals surface area contributed by atoms with Crippen LogP contribution in [0.2, 0.25) is 0 Å². The molecule has 0 aliphatic rings. The summed E-state index contributed by atoms with van der Waals surface area (Å²) < 4.78 is 0. The first-order valence-corrected chi connectivity index (χ1v) is 6.56. The molecule has 0 heterocycles. The largest absolute Gasteiger partial charge is 0.379 e. The van der Waals surface area contributed by atoms with Crippen LogP contribution in [0.15, 0.2) is 24.3 Å². The van der Waals surface area contributed by atoms with Crippen LogP contribution in [0.25, 0.3) is 0 Å². The molecule has 0 saturated carbocycles. The summed E-state index contributed by atoms with van der Waals surface area (Å²) in [5.74, 6) is 1.40. The number of hydrogen-bond donors (Lipinski definition) is 4. The zero-order chi connectivity index (χ0) is 12.0. The highest BCUT2D eigenvalue weighted by Crippen LogP contribution is 2.16. The van der Waals surface area contributed by atoms with Crippen LogP contribution in [0.1, 0.15) is 11.1 Å². The number of nitrogens with one attached hydrogen (secondary N) is 2. The molecule has 6 N–H and O–H groups in total. The SMILES string of the molecule is N=C(N)SCc1cccc(CSC(=N)N)c1. The minimum absolute atomic E-state index is 0.128. The van der Waals surface area contributed by atoms with Crippen molar-refractivity contribution >= 4 is 33.9 Å². The number of nitrogens with two attached hydrogens (primary N) is 2. The molecule has 0 radical (unpaired) electrons. The van der Waals surface area contributed by atoms with Gasteiger partial charge in [0.15, 0.2) is 10.3 Å². The summed E-state index contributed by atoms with van der Waals surface area (Å²) in [4.78, 5) is 0. The van der Waals surface area contributed by atoms with Gasteiger partial charge in [-0.3, -0.25) is 10.8 Å². The summed E-state index contributed by atoms with van der Waals surface area (Å²) in [6, 6.07) is 8.01. The first kappa shape index (κ1) is 12.9. The van der Waals surface area contributed by atoms with Gasteiger partial charge in [0.25, 0.3) is 0 Å². The monoisotopic (exact) mass is 254 g/mol. The second kappa shape index (κ2) is 6.44. The van der Waals surface area contributed by atoms with Gasteiger partial charge in [0.05, 0.1) is 0 Å². The second-order valence-electron chi connectivity index (χ2n) is 3.13. The maximum absolute atomic E-state index is 7.13. The molecule has 0 aromatic heterocycles. The lowest BCUT2D eigenvalue weighted by Crippen LogP contribution is -2.04. The van der Waals surface area contributed by atoms with Crippen molar-refractivity contribution in [2.75, 3.05) is 0 Å². The van der Waals surface area contributed by atoms with E-state index in [0.29, 0.717) is 11.5 Å². The van der Waals surface area contributed by atoms with Crippen molar-refractivity contribution in [2.45, 2.75) is 11.5 Å². The van der Waals surface area contributed by atoms with Gasteiger partial charge in [-0.1, -0.05) is 47.8 Å². The van der Waals surface area contributed by atoms with Crippen molar-refractivity contribution in [1.29, 1.82) is 10.8 Å². The molecule has 1 rings (SSSR count). The van der Waals surface area contributed by atoms with Crippen molar-refractivity contribution in [2.24, 2.45) is 11.5 Å². The fraction of sp³-hybridized carbons (Fsp3) is 0.200. The maximum Gasteiger partial charge on any atom is 0.151 e. The van der Waals surface area contributed by atoms with Gasteiger partial charge >= 0.3 is 0 Å². The highest BCUT2D eigenvalue weighted by molar-refractivity contribution is 8.13. The number of thioether (sulfide) groups is 2. The molecule has 16 heavy (non-hydrogen) atoms. The lowest BCUT2D eigenvalue weighted by molar-refractivity contribution is 1.33. The maximum atomic E-state index is 7.13. The van der Waals surface area contributed by atoms with Gasteiger partial charge in [0.2, 0.25) is 0 Å². The predicted molar refractivity (Wildman–Crippen MR) is 72.9 cm³/mol. The molecular weight excluding hydrogens is 240 g/mol.